The molecule has 1 aromatic carbocycles. The van der Waals surface area contributed by atoms with Gasteiger partial charge in [-0.25, -0.2) is 0 Å². The van der Waals surface area contributed by atoms with Gasteiger partial charge in [-0.2, -0.15) is 0 Å². The maximum absolute atomic E-state index is 5.61. The Labute approximate surface area is 123 Å². The number of nitrogens with one attached hydrogen (secondary N) is 1. The van der Waals surface area contributed by atoms with Gasteiger partial charge in [-0.3, -0.25) is 0 Å². The summed E-state index contributed by atoms with van der Waals surface area (Å²) in [5, 5.41) is 3.57. The molecule has 20 heavy (non-hydrogen) atoms. The summed E-state index contributed by atoms with van der Waals surface area (Å²) >= 11 is 0. The number of para-hydroxylation sites is 1. The molecule has 1 fully saturated rings. The van der Waals surface area contributed by atoms with E-state index in [4.69, 9.17) is 4.74 Å². The second-order valence-electron chi connectivity index (χ2n) is 6.32. The minimum absolute atomic E-state index is 0.259. The van der Waals surface area contributed by atoms with E-state index in [-0.39, 0.29) is 5.41 Å². The fourth-order valence-electron chi connectivity index (χ4n) is 3.99. The predicted octanol–water partition coefficient (Wildman–Crippen LogP) is 4.14. The molecule has 2 rings (SSSR count). The van der Waals surface area contributed by atoms with Crippen molar-refractivity contribution in [3.8, 4) is 5.75 Å². The highest BCUT2D eigenvalue weighted by Crippen LogP contribution is 2.60. The molecule has 0 saturated heterocycles. The Morgan fingerprint density at radius 3 is 2.30 bits per heavy atom. The third-order valence-corrected chi connectivity index (χ3v) is 5.32. The van der Waals surface area contributed by atoms with Crippen LogP contribution in [0.15, 0.2) is 24.3 Å². The SMILES string of the molecule is CCNCC1(c2ccccc2OC)CC(CC)(CC)C1. The van der Waals surface area contributed by atoms with E-state index >= 15 is 0 Å². The molecule has 2 nitrogen and oxygen atoms in total. The molecule has 0 heterocycles. The molecule has 0 unspecified atom stereocenters. The van der Waals surface area contributed by atoms with Gasteiger partial charge in [-0.1, -0.05) is 51.8 Å². The molecule has 0 amide bonds. The number of hydrogen-bond acceptors (Lipinski definition) is 2. The molecule has 0 atom stereocenters. The number of likely N-dealkylation sites (N-methyl/N-ethyl adjacent to an activating group) is 1. The van der Waals surface area contributed by atoms with Gasteiger partial charge in [-0.05, 0) is 30.9 Å². The lowest BCUT2D eigenvalue weighted by Gasteiger charge is -2.57. The monoisotopic (exact) mass is 275 g/mol. The van der Waals surface area contributed by atoms with Crippen LogP contribution in [-0.2, 0) is 5.41 Å². The van der Waals surface area contributed by atoms with Gasteiger partial charge in [0.15, 0.2) is 0 Å². The van der Waals surface area contributed by atoms with Gasteiger partial charge in [0.25, 0.3) is 0 Å². The van der Waals surface area contributed by atoms with Crippen molar-refractivity contribution in [1.29, 1.82) is 0 Å². The first-order valence-electron chi connectivity index (χ1n) is 7.99. The van der Waals surface area contributed by atoms with Crippen LogP contribution in [-0.4, -0.2) is 20.2 Å². The highest BCUT2D eigenvalue weighted by atomic mass is 16.5. The Kier molecular flexibility index (Phi) is 4.74. The van der Waals surface area contributed by atoms with Crippen LogP contribution in [0.1, 0.15) is 52.0 Å². The highest BCUT2D eigenvalue weighted by Gasteiger charge is 2.53. The molecule has 1 aliphatic rings. The average molecular weight is 275 g/mol. The van der Waals surface area contributed by atoms with Crippen LogP contribution >= 0.6 is 0 Å². The van der Waals surface area contributed by atoms with Crippen molar-refractivity contribution in [2.24, 2.45) is 5.41 Å². The summed E-state index contributed by atoms with van der Waals surface area (Å²) in [7, 11) is 1.78. The third-order valence-electron chi connectivity index (χ3n) is 5.32. The van der Waals surface area contributed by atoms with Crippen molar-refractivity contribution in [1.82, 2.24) is 5.32 Å². The van der Waals surface area contributed by atoms with E-state index in [9.17, 15) is 0 Å². The maximum atomic E-state index is 5.61. The van der Waals surface area contributed by atoms with Crippen molar-refractivity contribution in [2.45, 2.75) is 51.9 Å². The Bertz CT molecular complexity index is 429. The van der Waals surface area contributed by atoms with Crippen molar-refractivity contribution >= 4 is 0 Å². The lowest BCUT2D eigenvalue weighted by Crippen LogP contribution is -2.54. The fraction of sp³-hybridized carbons (Fsp3) is 0.667. The van der Waals surface area contributed by atoms with Crippen molar-refractivity contribution in [3.63, 3.8) is 0 Å². The first-order chi connectivity index (χ1) is 9.65. The van der Waals surface area contributed by atoms with E-state index in [0.717, 1.165) is 18.8 Å². The quantitative estimate of drug-likeness (QED) is 0.807. The lowest BCUT2D eigenvalue weighted by atomic mass is 9.48. The lowest BCUT2D eigenvalue weighted by molar-refractivity contribution is 0.0119. The number of hydrogen-bond donors (Lipinski definition) is 1. The van der Waals surface area contributed by atoms with Crippen LogP contribution < -0.4 is 10.1 Å². The first kappa shape index (κ1) is 15.4. The average Bonchev–Trinajstić information content (AvgIpc) is 2.47. The minimum atomic E-state index is 0.259. The molecular weight excluding hydrogens is 246 g/mol. The molecule has 0 spiro atoms. The summed E-state index contributed by atoms with van der Waals surface area (Å²) in [4.78, 5) is 0. The Morgan fingerprint density at radius 2 is 1.75 bits per heavy atom. The van der Waals surface area contributed by atoms with Gasteiger partial charge < -0.3 is 10.1 Å². The van der Waals surface area contributed by atoms with Gasteiger partial charge >= 0.3 is 0 Å². The van der Waals surface area contributed by atoms with Gasteiger partial charge in [-0.15, -0.1) is 0 Å². The highest BCUT2D eigenvalue weighted by molar-refractivity contribution is 5.43. The number of methoxy groups -OCH3 is 1. The summed E-state index contributed by atoms with van der Waals surface area (Å²) in [5.74, 6) is 1.05. The van der Waals surface area contributed by atoms with Crippen LogP contribution in [0.25, 0.3) is 0 Å². The van der Waals surface area contributed by atoms with Gasteiger partial charge in [0.1, 0.15) is 5.75 Å². The molecule has 1 saturated carbocycles. The zero-order chi connectivity index (χ0) is 14.6. The summed E-state index contributed by atoms with van der Waals surface area (Å²) in [6.45, 7) is 8.95. The van der Waals surface area contributed by atoms with E-state index < -0.39 is 0 Å². The van der Waals surface area contributed by atoms with Crippen molar-refractivity contribution in [2.75, 3.05) is 20.2 Å². The topological polar surface area (TPSA) is 21.3 Å². The molecule has 1 N–H and O–H groups in total. The maximum Gasteiger partial charge on any atom is 0.122 e. The van der Waals surface area contributed by atoms with Crippen LogP contribution in [0.2, 0.25) is 0 Å². The van der Waals surface area contributed by atoms with Crippen LogP contribution in [0, 0.1) is 5.41 Å². The molecule has 0 bridgehead atoms. The Morgan fingerprint density at radius 1 is 1.10 bits per heavy atom. The smallest absolute Gasteiger partial charge is 0.122 e. The third kappa shape index (κ3) is 2.58. The van der Waals surface area contributed by atoms with E-state index in [0.29, 0.717) is 5.41 Å². The minimum Gasteiger partial charge on any atom is -0.496 e. The summed E-state index contributed by atoms with van der Waals surface area (Å²) in [6, 6.07) is 8.56. The second-order valence-corrected chi connectivity index (χ2v) is 6.32. The van der Waals surface area contributed by atoms with Crippen LogP contribution in [0.5, 0.6) is 5.75 Å². The summed E-state index contributed by atoms with van der Waals surface area (Å²) < 4.78 is 5.61. The summed E-state index contributed by atoms with van der Waals surface area (Å²) in [5.41, 5.74) is 2.19. The van der Waals surface area contributed by atoms with Gasteiger partial charge in [0.05, 0.1) is 7.11 Å². The normalized spacial score (nSPS) is 19.4. The fourth-order valence-corrected chi connectivity index (χ4v) is 3.99. The van der Waals surface area contributed by atoms with Crippen molar-refractivity contribution < 1.29 is 4.74 Å². The number of rotatable bonds is 7. The molecule has 1 aliphatic carbocycles. The van der Waals surface area contributed by atoms with Crippen LogP contribution in [0.3, 0.4) is 0 Å². The molecule has 112 valence electrons. The Balaban J connectivity index is 2.30. The second kappa shape index (κ2) is 6.17. The van der Waals surface area contributed by atoms with Crippen molar-refractivity contribution in [3.05, 3.63) is 29.8 Å². The number of ether oxygens (including phenoxy) is 1. The largest absolute Gasteiger partial charge is 0.496 e. The zero-order valence-corrected chi connectivity index (χ0v) is 13.5. The predicted molar refractivity (Wildman–Crippen MR) is 85.5 cm³/mol. The zero-order valence-electron chi connectivity index (χ0n) is 13.5. The van der Waals surface area contributed by atoms with E-state index in [1.807, 2.05) is 0 Å². The molecule has 0 aliphatic heterocycles. The van der Waals surface area contributed by atoms with E-state index in [1.165, 1.54) is 31.2 Å². The molecule has 2 heteroatoms. The summed E-state index contributed by atoms with van der Waals surface area (Å²) in [6.07, 6.45) is 5.12. The standard InChI is InChI=1S/C18H29NO/c1-5-17(6-2)12-18(13-17,14-19-7-3)15-10-8-9-11-16(15)20-4/h8-11,19H,5-7,12-14H2,1-4H3. The van der Waals surface area contributed by atoms with E-state index in [2.05, 4.69) is 50.4 Å². The molecule has 1 aromatic rings. The Hall–Kier alpha value is -1.02. The van der Waals surface area contributed by atoms with Gasteiger partial charge in [0, 0.05) is 17.5 Å². The first-order valence-corrected chi connectivity index (χ1v) is 7.99. The number of benzene rings is 1. The molecular formula is C18H29NO. The van der Waals surface area contributed by atoms with E-state index in [1.54, 1.807) is 7.11 Å². The van der Waals surface area contributed by atoms with Gasteiger partial charge in [0.2, 0.25) is 0 Å². The van der Waals surface area contributed by atoms with Crippen LogP contribution in [0.4, 0.5) is 0 Å². The molecule has 0 radical (unpaired) electrons. The molecule has 0 aromatic heterocycles.